The van der Waals surface area contributed by atoms with Crippen LogP contribution in [0.3, 0.4) is 0 Å². The number of aliphatic hydroxyl groups excluding tert-OH is 1. The maximum absolute atomic E-state index is 9.05. The summed E-state index contributed by atoms with van der Waals surface area (Å²) < 4.78 is 0. The average molecular weight is 174 g/mol. The van der Waals surface area contributed by atoms with Crippen molar-refractivity contribution in [2.45, 2.75) is 0 Å². The molecule has 0 spiro atoms. The third kappa shape index (κ3) is 1.46. The molecule has 13 heavy (non-hydrogen) atoms. The summed E-state index contributed by atoms with van der Waals surface area (Å²) in [4.78, 5) is 0. The highest BCUT2D eigenvalue weighted by Crippen LogP contribution is 2.22. The minimum atomic E-state index is -0.102. The summed E-state index contributed by atoms with van der Waals surface area (Å²) in [6.45, 7) is -0.102. The summed E-state index contributed by atoms with van der Waals surface area (Å²) in [5.41, 5.74) is 1.99. The van der Waals surface area contributed by atoms with Crippen LogP contribution in [0.15, 0.2) is 35.4 Å². The van der Waals surface area contributed by atoms with Crippen molar-refractivity contribution in [3.63, 3.8) is 0 Å². The fourth-order valence-electron chi connectivity index (χ4n) is 1.30. The van der Waals surface area contributed by atoms with E-state index in [2.05, 4.69) is 5.10 Å². The summed E-state index contributed by atoms with van der Waals surface area (Å²) in [6.07, 6.45) is 5.49. The van der Waals surface area contributed by atoms with Gasteiger partial charge in [-0.25, -0.2) is 5.01 Å². The van der Waals surface area contributed by atoms with Gasteiger partial charge in [0.05, 0.1) is 5.69 Å². The fourth-order valence-corrected chi connectivity index (χ4v) is 1.30. The Morgan fingerprint density at radius 1 is 1.31 bits per heavy atom. The van der Waals surface area contributed by atoms with E-state index in [-0.39, 0.29) is 6.73 Å². The van der Waals surface area contributed by atoms with Crippen molar-refractivity contribution >= 4 is 18.0 Å². The molecule has 0 fully saturated rings. The summed E-state index contributed by atoms with van der Waals surface area (Å²) in [5.74, 6) is 0. The lowest BCUT2D eigenvalue weighted by molar-refractivity contribution is 0.293. The van der Waals surface area contributed by atoms with Crippen LogP contribution in [0.2, 0.25) is 0 Å². The van der Waals surface area contributed by atoms with Gasteiger partial charge in [-0.15, -0.1) is 0 Å². The third-order valence-corrected chi connectivity index (χ3v) is 1.92. The SMILES string of the molecule is OCN1N=CC=Cc2ccccc21. The van der Waals surface area contributed by atoms with Gasteiger partial charge in [0.2, 0.25) is 0 Å². The largest absolute Gasteiger partial charge is 0.374 e. The van der Waals surface area contributed by atoms with E-state index >= 15 is 0 Å². The van der Waals surface area contributed by atoms with Gasteiger partial charge in [0.1, 0.15) is 6.73 Å². The van der Waals surface area contributed by atoms with Crippen molar-refractivity contribution < 1.29 is 5.11 Å². The van der Waals surface area contributed by atoms with Gasteiger partial charge in [0.15, 0.2) is 0 Å². The van der Waals surface area contributed by atoms with E-state index < -0.39 is 0 Å². The molecular weight excluding hydrogens is 164 g/mol. The normalized spacial score (nSPS) is 14.1. The van der Waals surface area contributed by atoms with E-state index in [0.717, 1.165) is 11.3 Å². The second-order valence-corrected chi connectivity index (χ2v) is 2.72. The number of anilines is 1. The molecule has 0 aromatic heterocycles. The zero-order valence-corrected chi connectivity index (χ0v) is 7.09. The molecule has 3 nitrogen and oxygen atoms in total. The highest BCUT2D eigenvalue weighted by Gasteiger charge is 2.07. The zero-order valence-electron chi connectivity index (χ0n) is 7.09. The Kier molecular flexibility index (Phi) is 2.10. The maximum Gasteiger partial charge on any atom is 0.136 e. The van der Waals surface area contributed by atoms with Crippen LogP contribution in [0.25, 0.3) is 6.08 Å². The number of rotatable bonds is 1. The van der Waals surface area contributed by atoms with E-state index in [1.807, 2.05) is 36.4 Å². The van der Waals surface area contributed by atoms with Gasteiger partial charge in [0, 0.05) is 6.21 Å². The second kappa shape index (κ2) is 3.41. The van der Waals surface area contributed by atoms with E-state index in [1.165, 1.54) is 0 Å². The molecule has 1 aliphatic heterocycles. The van der Waals surface area contributed by atoms with E-state index in [0.29, 0.717) is 0 Å². The molecule has 66 valence electrons. The first-order chi connectivity index (χ1) is 6.42. The highest BCUT2D eigenvalue weighted by atomic mass is 16.3. The van der Waals surface area contributed by atoms with Crippen molar-refractivity contribution in [2.75, 3.05) is 11.7 Å². The average Bonchev–Trinajstić information content (AvgIpc) is 2.39. The fraction of sp³-hybridized carbons (Fsp3) is 0.100. The monoisotopic (exact) mass is 174 g/mol. The minimum Gasteiger partial charge on any atom is -0.374 e. The Morgan fingerprint density at radius 2 is 2.15 bits per heavy atom. The number of hydrogen-bond donors (Lipinski definition) is 1. The number of aliphatic hydroxyl groups is 1. The van der Waals surface area contributed by atoms with Crippen LogP contribution < -0.4 is 5.01 Å². The van der Waals surface area contributed by atoms with Crippen LogP contribution in [0.4, 0.5) is 5.69 Å². The van der Waals surface area contributed by atoms with Gasteiger partial charge < -0.3 is 5.11 Å². The van der Waals surface area contributed by atoms with E-state index in [1.54, 1.807) is 11.2 Å². The van der Waals surface area contributed by atoms with Gasteiger partial charge in [-0.3, -0.25) is 0 Å². The molecule has 1 aliphatic rings. The predicted octanol–water partition coefficient (Wildman–Crippen LogP) is 1.46. The van der Waals surface area contributed by atoms with Gasteiger partial charge in [-0.1, -0.05) is 24.3 Å². The summed E-state index contributed by atoms with van der Waals surface area (Å²) in [7, 11) is 0. The van der Waals surface area contributed by atoms with Crippen LogP contribution in [0, 0.1) is 0 Å². The molecule has 0 bridgehead atoms. The van der Waals surface area contributed by atoms with Crippen LogP contribution in [-0.2, 0) is 0 Å². The van der Waals surface area contributed by atoms with Crippen molar-refractivity contribution in [2.24, 2.45) is 5.10 Å². The second-order valence-electron chi connectivity index (χ2n) is 2.72. The van der Waals surface area contributed by atoms with Gasteiger partial charge in [-0.2, -0.15) is 5.10 Å². The lowest BCUT2D eigenvalue weighted by Gasteiger charge is -2.16. The molecule has 1 aromatic carbocycles. The molecule has 0 unspecified atom stereocenters. The van der Waals surface area contributed by atoms with E-state index in [9.17, 15) is 0 Å². The maximum atomic E-state index is 9.05. The number of allylic oxidation sites excluding steroid dienone is 1. The minimum absolute atomic E-state index is 0.102. The number of hydrogen-bond acceptors (Lipinski definition) is 3. The topological polar surface area (TPSA) is 35.8 Å². The molecule has 0 radical (unpaired) electrons. The Bertz CT molecular complexity index is 358. The first kappa shape index (κ1) is 8.01. The number of fused-ring (bicyclic) bond motifs is 1. The number of nitrogens with zero attached hydrogens (tertiary/aromatic N) is 2. The van der Waals surface area contributed by atoms with E-state index in [4.69, 9.17) is 5.11 Å². The molecule has 2 rings (SSSR count). The highest BCUT2D eigenvalue weighted by molar-refractivity contribution is 5.84. The number of hydrazone groups is 1. The Balaban J connectivity index is 2.50. The predicted molar refractivity (Wildman–Crippen MR) is 53.5 cm³/mol. The molecular formula is C10H10N2O. The van der Waals surface area contributed by atoms with Crippen LogP contribution >= 0.6 is 0 Å². The lowest BCUT2D eigenvalue weighted by atomic mass is 10.1. The van der Waals surface area contributed by atoms with Gasteiger partial charge in [-0.05, 0) is 17.7 Å². The first-order valence-electron chi connectivity index (χ1n) is 4.10. The summed E-state index contributed by atoms with van der Waals surface area (Å²) >= 11 is 0. The molecule has 0 atom stereocenters. The Labute approximate surface area is 76.6 Å². The lowest BCUT2D eigenvalue weighted by Crippen LogP contribution is -2.17. The van der Waals surface area contributed by atoms with Gasteiger partial charge in [0.25, 0.3) is 0 Å². The molecule has 0 amide bonds. The van der Waals surface area contributed by atoms with Crippen molar-refractivity contribution in [3.05, 3.63) is 35.9 Å². The molecule has 0 saturated carbocycles. The van der Waals surface area contributed by atoms with Crippen molar-refractivity contribution in [3.8, 4) is 0 Å². The zero-order chi connectivity index (χ0) is 9.10. The van der Waals surface area contributed by atoms with Crippen LogP contribution in [-0.4, -0.2) is 18.1 Å². The molecule has 1 heterocycles. The smallest absolute Gasteiger partial charge is 0.136 e. The third-order valence-electron chi connectivity index (χ3n) is 1.92. The first-order valence-corrected chi connectivity index (χ1v) is 4.10. The van der Waals surface area contributed by atoms with Crippen LogP contribution in [0.1, 0.15) is 5.56 Å². The van der Waals surface area contributed by atoms with Crippen molar-refractivity contribution in [1.29, 1.82) is 0 Å². The van der Waals surface area contributed by atoms with Crippen LogP contribution in [0.5, 0.6) is 0 Å². The standard InChI is InChI=1S/C10H10N2O/c13-8-12-10-6-2-1-4-9(10)5-3-7-11-12/h1-7,13H,8H2. The Morgan fingerprint density at radius 3 is 3.00 bits per heavy atom. The quantitative estimate of drug-likeness (QED) is 0.699. The molecule has 3 heteroatoms. The van der Waals surface area contributed by atoms with Crippen molar-refractivity contribution in [1.82, 2.24) is 0 Å². The number of para-hydroxylation sites is 1. The molecule has 1 aromatic rings. The van der Waals surface area contributed by atoms with Gasteiger partial charge >= 0.3 is 0 Å². The molecule has 0 saturated heterocycles. The summed E-state index contributed by atoms with van der Waals surface area (Å²) in [6, 6.07) is 7.81. The molecule has 1 N–H and O–H groups in total. The molecule has 0 aliphatic carbocycles. The summed E-state index contributed by atoms with van der Waals surface area (Å²) in [5, 5.41) is 14.7. The number of benzene rings is 1. The Hall–Kier alpha value is -1.61.